The molecule has 2 aromatic carbocycles. The second kappa shape index (κ2) is 7.84. The van der Waals surface area contributed by atoms with Gasteiger partial charge in [0.25, 0.3) is 11.8 Å². The van der Waals surface area contributed by atoms with Gasteiger partial charge < -0.3 is 15.3 Å². The van der Waals surface area contributed by atoms with Crippen LogP contribution in [0.25, 0.3) is 0 Å². The largest absolute Gasteiger partial charge is 0.416 e. The highest BCUT2D eigenvalue weighted by molar-refractivity contribution is 6.30. The zero-order chi connectivity index (χ0) is 22.3. The molecule has 2 amide bonds. The Morgan fingerprint density at radius 3 is 2.53 bits per heavy atom. The van der Waals surface area contributed by atoms with Crippen molar-refractivity contribution in [3.05, 3.63) is 64.2 Å². The summed E-state index contributed by atoms with van der Waals surface area (Å²) in [5, 5.41) is 12.8. The SMILES string of the molecule is O=C(NCc1cc(F)cc(Cl)c1)[C@]1(O)CCN(c2cc(C(F)(F)F)ccc2F)C1=O. The Hall–Kier alpha value is -2.72. The van der Waals surface area contributed by atoms with Gasteiger partial charge in [-0.2, -0.15) is 13.2 Å². The van der Waals surface area contributed by atoms with E-state index in [2.05, 4.69) is 5.32 Å². The van der Waals surface area contributed by atoms with E-state index in [1.165, 1.54) is 6.07 Å². The molecule has 1 atom stereocenters. The van der Waals surface area contributed by atoms with Crippen LogP contribution in [0.4, 0.5) is 27.6 Å². The number of benzene rings is 2. The van der Waals surface area contributed by atoms with Crippen molar-refractivity contribution in [2.45, 2.75) is 24.7 Å². The average molecular weight is 449 g/mol. The molecule has 2 N–H and O–H groups in total. The maximum Gasteiger partial charge on any atom is 0.416 e. The molecule has 11 heteroatoms. The third-order valence-corrected chi connectivity index (χ3v) is 4.83. The van der Waals surface area contributed by atoms with Crippen LogP contribution >= 0.6 is 11.6 Å². The van der Waals surface area contributed by atoms with E-state index < -0.39 is 52.9 Å². The van der Waals surface area contributed by atoms with E-state index in [4.69, 9.17) is 11.6 Å². The maximum absolute atomic E-state index is 14.1. The van der Waals surface area contributed by atoms with E-state index in [-0.39, 0.29) is 23.7 Å². The number of carbonyl (C=O) groups excluding carboxylic acids is 2. The first-order valence-electron chi connectivity index (χ1n) is 8.56. The first kappa shape index (κ1) is 22.0. The van der Waals surface area contributed by atoms with Crippen LogP contribution in [0.3, 0.4) is 0 Å². The van der Waals surface area contributed by atoms with Crippen LogP contribution in [0.15, 0.2) is 36.4 Å². The molecule has 1 heterocycles. The molecule has 1 fully saturated rings. The van der Waals surface area contributed by atoms with Gasteiger partial charge in [0.05, 0.1) is 11.3 Å². The molecule has 0 bridgehead atoms. The summed E-state index contributed by atoms with van der Waals surface area (Å²) in [6, 6.07) is 4.99. The minimum Gasteiger partial charge on any atom is -0.372 e. The van der Waals surface area contributed by atoms with Gasteiger partial charge in [-0.15, -0.1) is 0 Å². The minimum atomic E-state index is -4.77. The highest BCUT2D eigenvalue weighted by atomic mass is 35.5. The lowest BCUT2D eigenvalue weighted by atomic mass is 10.0. The van der Waals surface area contributed by atoms with Gasteiger partial charge in [-0.25, -0.2) is 8.78 Å². The number of aliphatic hydroxyl groups is 1. The van der Waals surface area contributed by atoms with Crippen molar-refractivity contribution in [2.75, 3.05) is 11.4 Å². The maximum atomic E-state index is 14.1. The summed E-state index contributed by atoms with van der Waals surface area (Å²) in [6.07, 6.45) is -5.25. The lowest BCUT2D eigenvalue weighted by molar-refractivity contribution is -0.149. The third kappa shape index (κ3) is 4.24. The smallest absolute Gasteiger partial charge is 0.372 e. The Bertz CT molecular complexity index is 994. The van der Waals surface area contributed by atoms with Crippen molar-refractivity contribution < 1.29 is 36.6 Å². The van der Waals surface area contributed by atoms with Gasteiger partial charge in [0, 0.05) is 24.5 Å². The van der Waals surface area contributed by atoms with Crippen molar-refractivity contribution in [1.29, 1.82) is 0 Å². The minimum absolute atomic E-state index is 0.0705. The highest BCUT2D eigenvalue weighted by Crippen LogP contribution is 2.36. The molecule has 5 nitrogen and oxygen atoms in total. The Labute approximate surface area is 172 Å². The quantitative estimate of drug-likeness (QED) is 0.556. The van der Waals surface area contributed by atoms with E-state index in [1.807, 2.05) is 0 Å². The van der Waals surface area contributed by atoms with Gasteiger partial charge in [0.15, 0.2) is 0 Å². The van der Waals surface area contributed by atoms with Gasteiger partial charge in [-0.1, -0.05) is 11.6 Å². The van der Waals surface area contributed by atoms with Crippen molar-refractivity contribution in [1.82, 2.24) is 5.32 Å². The highest BCUT2D eigenvalue weighted by Gasteiger charge is 2.52. The number of halogens is 6. The Balaban J connectivity index is 1.79. The number of hydrogen-bond donors (Lipinski definition) is 2. The Kier molecular flexibility index (Phi) is 5.74. The summed E-state index contributed by atoms with van der Waals surface area (Å²) in [4.78, 5) is 25.6. The van der Waals surface area contributed by atoms with Crippen LogP contribution in [-0.4, -0.2) is 29.1 Å². The van der Waals surface area contributed by atoms with Crippen molar-refractivity contribution in [3.63, 3.8) is 0 Å². The van der Waals surface area contributed by atoms with Gasteiger partial charge >= 0.3 is 6.18 Å². The number of nitrogens with zero attached hydrogens (tertiary/aromatic N) is 1. The normalized spacial score (nSPS) is 19.3. The predicted octanol–water partition coefficient (Wildman–Crippen LogP) is 3.42. The molecule has 0 aromatic heterocycles. The van der Waals surface area contributed by atoms with Gasteiger partial charge in [-0.3, -0.25) is 9.59 Å². The van der Waals surface area contributed by atoms with Gasteiger partial charge in [0.2, 0.25) is 5.60 Å². The predicted molar refractivity (Wildman–Crippen MR) is 96.6 cm³/mol. The van der Waals surface area contributed by atoms with E-state index in [9.17, 15) is 36.6 Å². The molecule has 1 saturated heterocycles. The molecule has 1 aliphatic heterocycles. The first-order chi connectivity index (χ1) is 13.9. The Morgan fingerprint density at radius 1 is 1.20 bits per heavy atom. The molecule has 160 valence electrons. The first-order valence-corrected chi connectivity index (χ1v) is 8.94. The van der Waals surface area contributed by atoms with Crippen LogP contribution in [0, 0.1) is 11.6 Å². The monoisotopic (exact) mass is 448 g/mol. The topological polar surface area (TPSA) is 69.6 Å². The second-order valence-electron chi connectivity index (χ2n) is 6.69. The average Bonchev–Trinajstić information content (AvgIpc) is 2.94. The Morgan fingerprint density at radius 2 is 1.90 bits per heavy atom. The number of amides is 2. The molecule has 1 aliphatic rings. The molecule has 0 spiro atoms. The van der Waals surface area contributed by atoms with Crippen LogP contribution in [0.2, 0.25) is 5.02 Å². The summed E-state index contributed by atoms with van der Waals surface area (Å²) in [5.41, 5.74) is -4.24. The fourth-order valence-electron chi connectivity index (χ4n) is 3.08. The number of anilines is 1. The summed E-state index contributed by atoms with van der Waals surface area (Å²) >= 11 is 5.71. The van der Waals surface area contributed by atoms with E-state index in [0.29, 0.717) is 23.1 Å². The molecular weight excluding hydrogens is 435 g/mol. The molecule has 0 saturated carbocycles. The van der Waals surface area contributed by atoms with Crippen LogP contribution in [0.5, 0.6) is 0 Å². The van der Waals surface area contributed by atoms with Crippen LogP contribution in [0.1, 0.15) is 17.5 Å². The zero-order valence-corrected chi connectivity index (χ0v) is 15.8. The summed E-state index contributed by atoms with van der Waals surface area (Å²) in [7, 11) is 0. The molecular formula is C19H14ClF5N2O3. The molecule has 2 aromatic rings. The van der Waals surface area contributed by atoms with Gasteiger partial charge in [-0.05, 0) is 42.0 Å². The molecule has 30 heavy (non-hydrogen) atoms. The lowest BCUT2D eigenvalue weighted by Crippen LogP contribution is -2.52. The van der Waals surface area contributed by atoms with E-state index >= 15 is 0 Å². The van der Waals surface area contributed by atoms with Crippen molar-refractivity contribution >= 4 is 29.1 Å². The van der Waals surface area contributed by atoms with E-state index in [0.717, 1.165) is 12.1 Å². The standard InChI is InChI=1S/C19H14ClF5N2O3/c20-12-5-10(6-13(21)8-12)9-26-16(28)18(30)3-4-27(17(18)29)15-7-11(19(23,24)25)1-2-14(15)22/h1-2,5-8,30H,3-4,9H2,(H,26,28)/t18-/m1/s1. The van der Waals surface area contributed by atoms with Crippen LogP contribution < -0.4 is 10.2 Å². The number of nitrogens with one attached hydrogen (secondary N) is 1. The van der Waals surface area contributed by atoms with E-state index in [1.54, 1.807) is 0 Å². The van der Waals surface area contributed by atoms with Crippen molar-refractivity contribution in [2.24, 2.45) is 0 Å². The second-order valence-corrected chi connectivity index (χ2v) is 7.13. The van der Waals surface area contributed by atoms with Crippen molar-refractivity contribution in [3.8, 4) is 0 Å². The summed E-state index contributed by atoms with van der Waals surface area (Å²) in [6.45, 7) is -0.656. The lowest BCUT2D eigenvalue weighted by Gasteiger charge is -2.22. The number of carbonyl (C=O) groups is 2. The third-order valence-electron chi connectivity index (χ3n) is 4.61. The zero-order valence-electron chi connectivity index (χ0n) is 15.1. The summed E-state index contributed by atoms with van der Waals surface area (Å²) < 4.78 is 66.2. The molecule has 0 aliphatic carbocycles. The number of hydrogen-bond acceptors (Lipinski definition) is 3. The fraction of sp³-hybridized carbons (Fsp3) is 0.263. The number of rotatable bonds is 4. The molecule has 0 unspecified atom stereocenters. The van der Waals surface area contributed by atoms with Gasteiger partial charge in [0.1, 0.15) is 11.6 Å². The van der Waals surface area contributed by atoms with Crippen LogP contribution in [-0.2, 0) is 22.3 Å². The molecule has 3 rings (SSSR count). The molecule has 0 radical (unpaired) electrons. The fourth-order valence-corrected chi connectivity index (χ4v) is 3.33. The number of alkyl halides is 3. The summed E-state index contributed by atoms with van der Waals surface area (Å²) in [5.74, 6) is -4.19.